The van der Waals surface area contributed by atoms with Crippen LogP contribution in [0.1, 0.15) is 181 Å². The number of nitrogens with one attached hydrogen (secondary N) is 1. The fraction of sp³-hybridized carbons (Fsp3) is 0.842. The Morgan fingerprint density at radius 1 is 0.442 bits per heavy atom. The van der Waals surface area contributed by atoms with Crippen molar-refractivity contribution in [3.05, 3.63) is 24.3 Å². The summed E-state index contributed by atoms with van der Waals surface area (Å²) < 4.78 is 10.6. The molecule has 0 atom stereocenters. The summed E-state index contributed by atoms with van der Waals surface area (Å²) in [6.45, 7) is 7.57. The van der Waals surface area contributed by atoms with E-state index in [9.17, 15) is 9.59 Å². The van der Waals surface area contributed by atoms with Gasteiger partial charge in [0.25, 0.3) is 0 Å². The molecule has 0 saturated carbocycles. The predicted molar refractivity (Wildman–Crippen MR) is 184 cm³/mol. The average Bonchev–Trinajstić information content (AvgIpc) is 3.01. The van der Waals surface area contributed by atoms with Gasteiger partial charge in [-0.25, -0.2) is 0 Å². The number of hydrogen-bond acceptors (Lipinski definition) is 5. The van der Waals surface area contributed by atoms with Crippen molar-refractivity contribution in [3.8, 4) is 0 Å². The third-order valence-corrected chi connectivity index (χ3v) is 7.93. The second-order valence-electron chi connectivity index (χ2n) is 12.2. The summed E-state index contributed by atoms with van der Waals surface area (Å²) in [5.41, 5.74) is 0. The minimum atomic E-state index is -0.0528. The first-order valence-corrected chi connectivity index (χ1v) is 18.5. The Balaban J connectivity index is 3.24. The maximum atomic E-state index is 11.8. The molecule has 0 aromatic heterocycles. The number of allylic oxidation sites excluding steroid dienone is 2. The zero-order chi connectivity index (χ0) is 31.3. The van der Waals surface area contributed by atoms with Crippen molar-refractivity contribution in [2.45, 2.75) is 181 Å². The summed E-state index contributed by atoms with van der Waals surface area (Å²) in [5.74, 6) is -0.106. The van der Waals surface area contributed by atoms with E-state index in [1.54, 1.807) is 0 Å². The molecule has 0 saturated heterocycles. The van der Waals surface area contributed by atoms with Gasteiger partial charge in [0.2, 0.25) is 0 Å². The van der Waals surface area contributed by atoms with Gasteiger partial charge in [-0.15, -0.1) is 0 Å². The number of hydrogen-bond donors (Lipinski definition) is 1. The highest BCUT2D eigenvalue weighted by atomic mass is 16.5. The minimum absolute atomic E-state index is 0.0528. The summed E-state index contributed by atoms with van der Waals surface area (Å²) in [7, 11) is 0. The third-order valence-electron chi connectivity index (χ3n) is 7.93. The van der Waals surface area contributed by atoms with E-state index in [0.29, 0.717) is 26.1 Å². The largest absolute Gasteiger partial charge is 0.461 e. The molecule has 0 aliphatic rings. The maximum absolute atomic E-state index is 11.8. The van der Waals surface area contributed by atoms with Crippen LogP contribution in [-0.2, 0) is 19.1 Å². The number of esters is 2. The van der Waals surface area contributed by atoms with Crippen molar-refractivity contribution in [1.82, 2.24) is 5.32 Å². The summed E-state index contributed by atoms with van der Waals surface area (Å²) in [6, 6.07) is 0. The van der Waals surface area contributed by atoms with Crippen LogP contribution >= 0.6 is 0 Å². The van der Waals surface area contributed by atoms with E-state index in [1.165, 1.54) is 116 Å². The first kappa shape index (κ1) is 41.4. The Labute approximate surface area is 267 Å². The van der Waals surface area contributed by atoms with Gasteiger partial charge in [-0.2, -0.15) is 0 Å². The van der Waals surface area contributed by atoms with Gasteiger partial charge in [0.1, 0.15) is 13.2 Å². The highest BCUT2D eigenvalue weighted by Gasteiger charge is 2.02. The molecule has 0 radical (unpaired) electrons. The molecule has 0 fully saturated rings. The Morgan fingerprint density at radius 2 is 0.791 bits per heavy atom. The Kier molecular flexibility index (Phi) is 35.2. The summed E-state index contributed by atoms with van der Waals surface area (Å²) in [4.78, 5) is 23.6. The molecule has 0 bridgehead atoms. The van der Waals surface area contributed by atoms with E-state index in [-0.39, 0.29) is 11.9 Å². The zero-order valence-electron chi connectivity index (χ0n) is 28.7. The molecule has 0 rings (SSSR count). The van der Waals surface area contributed by atoms with Crippen molar-refractivity contribution >= 4 is 11.9 Å². The van der Waals surface area contributed by atoms with Gasteiger partial charge in [0, 0.05) is 12.8 Å². The summed E-state index contributed by atoms with van der Waals surface area (Å²) in [5, 5.41) is 3.59. The number of unbranched alkanes of at least 4 members (excludes halogenated alkanes) is 20. The smallest absolute Gasteiger partial charge is 0.306 e. The number of rotatable bonds is 34. The van der Waals surface area contributed by atoms with Crippen LogP contribution in [-0.4, -0.2) is 38.2 Å². The molecule has 0 aromatic rings. The van der Waals surface area contributed by atoms with E-state index >= 15 is 0 Å². The standard InChI is InChI=1S/C38H71NO4/c1-3-5-7-9-17-23-29-35-42-37(40)31-25-19-13-11-15-21-27-33-39-34-28-22-16-12-14-20-26-32-38(41)43-36-30-24-18-10-8-6-4-2/h23-24,29-30,39H,3-22,25-28,31-36H2,1-2H3/b29-23-,30-24-. The lowest BCUT2D eigenvalue weighted by atomic mass is 10.1. The first-order valence-electron chi connectivity index (χ1n) is 18.5. The van der Waals surface area contributed by atoms with Gasteiger partial charge in [-0.1, -0.05) is 141 Å². The van der Waals surface area contributed by atoms with Crippen molar-refractivity contribution in [1.29, 1.82) is 0 Å². The molecule has 43 heavy (non-hydrogen) atoms. The minimum Gasteiger partial charge on any atom is -0.461 e. The lowest BCUT2D eigenvalue weighted by Gasteiger charge is -2.06. The lowest BCUT2D eigenvalue weighted by molar-refractivity contribution is -0.143. The fourth-order valence-corrected chi connectivity index (χ4v) is 5.11. The summed E-state index contributed by atoms with van der Waals surface area (Å²) in [6.07, 6.45) is 38.6. The first-order chi connectivity index (χ1) is 21.2. The summed E-state index contributed by atoms with van der Waals surface area (Å²) >= 11 is 0. The second kappa shape index (κ2) is 36.6. The third kappa shape index (κ3) is 36.5. The van der Waals surface area contributed by atoms with Gasteiger partial charge >= 0.3 is 11.9 Å². The van der Waals surface area contributed by atoms with Gasteiger partial charge in [-0.05, 0) is 64.5 Å². The molecule has 0 unspecified atom stereocenters. The molecule has 1 N–H and O–H groups in total. The molecule has 0 spiro atoms. The number of ether oxygens (including phenoxy) is 2. The molecule has 0 amide bonds. The Bertz CT molecular complexity index is 592. The number of carbonyl (C=O) groups is 2. The van der Waals surface area contributed by atoms with Crippen LogP contribution in [0.15, 0.2) is 24.3 Å². The highest BCUT2D eigenvalue weighted by Crippen LogP contribution is 2.11. The van der Waals surface area contributed by atoms with Crippen LogP contribution in [0.4, 0.5) is 0 Å². The van der Waals surface area contributed by atoms with Crippen LogP contribution in [0.2, 0.25) is 0 Å². The molecule has 0 aliphatic carbocycles. The lowest BCUT2D eigenvalue weighted by Crippen LogP contribution is -2.16. The molecule has 0 aromatic carbocycles. The van der Waals surface area contributed by atoms with Gasteiger partial charge in [0.15, 0.2) is 0 Å². The van der Waals surface area contributed by atoms with Gasteiger partial charge < -0.3 is 14.8 Å². The molecular weight excluding hydrogens is 534 g/mol. The quantitative estimate of drug-likeness (QED) is 0.0449. The molecular formula is C38H71NO4. The van der Waals surface area contributed by atoms with E-state index in [2.05, 4.69) is 31.3 Å². The van der Waals surface area contributed by atoms with Crippen molar-refractivity contribution < 1.29 is 19.1 Å². The van der Waals surface area contributed by atoms with Crippen LogP contribution in [0.25, 0.3) is 0 Å². The van der Waals surface area contributed by atoms with Crippen LogP contribution in [0.5, 0.6) is 0 Å². The fourth-order valence-electron chi connectivity index (χ4n) is 5.11. The molecule has 0 heterocycles. The molecule has 252 valence electrons. The van der Waals surface area contributed by atoms with E-state index in [0.717, 1.165) is 51.6 Å². The zero-order valence-corrected chi connectivity index (χ0v) is 28.7. The molecule has 5 heteroatoms. The topological polar surface area (TPSA) is 64.6 Å². The monoisotopic (exact) mass is 606 g/mol. The van der Waals surface area contributed by atoms with E-state index in [4.69, 9.17) is 9.47 Å². The second-order valence-corrected chi connectivity index (χ2v) is 12.2. The Morgan fingerprint density at radius 3 is 1.19 bits per heavy atom. The van der Waals surface area contributed by atoms with Crippen LogP contribution in [0, 0.1) is 0 Å². The predicted octanol–water partition coefficient (Wildman–Crippen LogP) is 11.0. The maximum Gasteiger partial charge on any atom is 0.306 e. The van der Waals surface area contributed by atoms with Gasteiger partial charge in [0.05, 0.1) is 0 Å². The van der Waals surface area contributed by atoms with Crippen molar-refractivity contribution in [2.24, 2.45) is 0 Å². The van der Waals surface area contributed by atoms with Crippen molar-refractivity contribution in [2.75, 3.05) is 26.3 Å². The van der Waals surface area contributed by atoms with Gasteiger partial charge in [-0.3, -0.25) is 9.59 Å². The van der Waals surface area contributed by atoms with E-state index in [1.807, 2.05) is 12.2 Å². The normalized spacial score (nSPS) is 11.6. The highest BCUT2D eigenvalue weighted by molar-refractivity contribution is 5.69. The Hall–Kier alpha value is -1.62. The molecule has 0 aliphatic heterocycles. The number of carbonyl (C=O) groups excluding carboxylic acids is 2. The van der Waals surface area contributed by atoms with E-state index < -0.39 is 0 Å². The SMILES string of the molecule is CCCCCC/C=C\COC(=O)CCCCCCCCCNCCCCCCCCCC(=O)OC/C=C\CCCCCC. The molecule has 5 nitrogen and oxygen atoms in total. The van der Waals surface area contributed by atoms with Crippen LogP contribution < -0.4 is 5.32 Å². The average molecular weight is 606 g/mol. The van der Waals surface area contributed by atoms with Crippen molar-refractivity contribution in [3.63, 3.8) is 0 Å². The van der Waals surface area contributed by atoms with Crippen LogP contribution in [0.3, 0.4) is 0 Å².